The van der Waals surface area contributed by atoms with Crippen molar-refractivity contribution < 1.29 is 14.6 Å². The summed E-state index contributed by atoms with van der Waals surface area (Å²) in [6, 6.07) is 42.4. The first-order chi connectivity index (χ1) is 20.2. The molecule has 2 N–H and O–H groups in total. The Morgan fingerprint density at radius 3 is 2.22 bits per heavy atom. The molecule has 6 aromatic rings. The number of aliphatic imine (C=N–C) groups is 1. The van der Waals surface area contributed by atoms with Gasteiger partial charge in [0.15, 0.2) is 0 Å². The summed E-state index contributed by atoms with van der Waals surface area (Å²) in [5.74, 6) is 0.176. The highest BCUT2D eigenvalue weighted by atomic mass is 16.5. The van der Waals surface area contributed by atoms with E-state index in [0.717, 1.165) is 38.2 Å². The number of carbonyl (C=O) groups excluding carboxylic acids is 1. The number of nitrogens with one attached hydrogen (secondary N) is 1. The number of phenols is 1. The Labute approximate surface area is 238 Å². The average molecular weight is 537 g/mol. The molecule has 0 aliphatic rings. The van der Waals surface area contributed by atoms with Crippen LogP contribution in [0.5, 0.6) is 5.75 Å². The van der Waals surface area contributed by atoms with E-state index >= 15 is 0 Å². The number of phenolic OH excluding ortho intramolecular Hbond substituents is 1. The Bertz CT molecular complexity index is 1860. The van der Waals surface area contributed by atoms with Crippen LogP contribution >= 0.6 is 0 Å². The van der Waals surface area contributed by atoms with Gasteiger partial charge in [-0.1, -0.05) is 121 Å². The van der Waals surface area contributed by atoms with E-state index in [1.54, 1.807) is 12.3 Å². The molecular formula is C36H28N2O3. The normalized spacial score (nSPS) is 12.0. The monoisotopic (exact) mass is 536 g/mol. The van der Waals surface area contributed by atoms with E-state index in [9.17, 15) is 9.90 Å². The largest absolute Gasteiger partial charge is 0.508 e. The number of carbonyl (C=O) groups is 1. The Hall–Kier alpha value is -5.42. The summed E-state index contributed by atoms with van der Waals surface area (Å²) < 4.78 is 5.44. The molecule has 0 aliphatic heterocycles. The molecule has 0 radical (unpaired) electrons. The van der Waals surface area contributed by atoms with Crippen molar-refractivity contribution in [2.24, 2.45) is 4.99 Å². The van der Waals surface area contributed by atoms with Crippen LogP contribution in [0.4, 0.5) is 10.5 Å². The summed E-state index contributed by atoms with van der Waals surface area (Å²) in [6.45, 7) is 0.173. The van der Waals surface area contributed by atoms with Gasteiger partial charge in [0.05, 0.1) is 5.69 Å². The van der Waals surface area contributed by atoms with E-state index in [-0.39, 0.29) is 12.4 Å². The maximum absolute atomic E-state index is 12.6. The zero-order valence-corrected chi connectivity index (χ0v) is 22.3. The Balaban J connectivity index is 1.39. The molecule has 6 rings (SSSR count). The van der Waals surface area contributed by atoms with Crippen LogP contribution in [0.1, 0.15) is 28.3 Å². The van der Waals surface area contributed by atoms with Crippen LogP contribution in [0.15, 0.2) is 138 Å². The van der Waals surface area contributed by atoms with Crippen molar-refractivity contribution in [2.45, 2.75) is 12.6 Å². The number of amides is 1. The lowest BCUT2D eigenvalue weighted by atomic mass is 9.90. The van der Waals surface area contributed by atoms with Gasteiger partial charge >= 0.3 is 6.09 Å². The van der Waals surface area contributed by atoms with Gasteiger partial charge in [-0.15, -0.1) is 0 Å². The SMILES string of the molecule is O=C(Nc1ccccc1C=NC(c1cccc2ccccc12)c1c(O)ccc2ccccc12)OCc1ccccc1. The highest BCUT2D eigenvalue weighted by Gasteiger charge is 2.21. The van der Waals surface area contributed by atoms with Crippen molar-refractivity contribution >= 4 is 39.5 Å². The van der Waals surface area contributed by atoms with Gasteiger partial charge in [-0.25, -0.2) is 4.79 Å². The molecule has 0 aliphatic carbocycles. The molecule has 0 spiro atoms. The molecule has 0 bridgehead atoms. The van der Waals surface area contributed by atoms with Gasteiger partial charge in [-0.2, -0.15) is 0 Å². The zero-order chi connectivity index (χ0) is 28.0. The first-order valence-corrected chi connectivity index (χ1v) is 13.5. The van der Waals surface area contributed by atoms with Gasteiger partial charge in [0.25, 0.3) is 0 Å². The molecule has 0 saturated carbocycles. The number of benzene rings is 6. The van der Waals surface area contributed by atoms with Crippen molar-refractivity contribution in [1.82, 2.24) is 0 Å². The van der Waals surface area contributed by atoms with Crippen LogP contribution in [0.2, 0.25) is 0 Å². The van der Waals surface area contributed by atoms with Crippen LogP contribution in [0.3, 0.4) is 0 Å². The number of hydrogen-bond acceptors (Lipinski definition) is 4. The van der Waals surface area contributed by atoms with Crippen molar-refractivity contribution in [3.05, 3.63) is 156 Å². The lowest BCUT2D eigenvalue weighted by Crippen LogP contribution is -2.14. The van der Waals surface area contributed by atoms with E-state index in [1.165, 1.54) is 0 Å². The van der Waals surface area contributed by atoms with Crippen molar-refractivity contribution in [1.29, 1.82) is 0 Å². The lowest BCUT2D eigenvalue weighted by molar-refractivity contribution is 0.155. The quantitative estimate of drug-likeness (QED) is 0.201. The number of hydrogen-bond donors (Lipinski definition) is 2. The van der Waals surface area contributed by atoms with Crippen molar-refractivity contribution in [3.8, 4) is 5.75 Å². The van der Waals surface area contributed by atoms with Crippen molar-refractivity contribution in [3.63, 3.8) is 0 Å². The second kappa shape index (κ2) is 11.8. The molecule has 0 fully saturated rings. The molecule has 0 heterocycles. The predicted molar refractivity (Wildman–Crippen MR) is 166 cm³/mol. The number of anilines is 1. The topological polar surface area (TPSA) is 70.9 Å². The molecule has 5 heteroatoms. The standard InChI is InChI=1S/C36H28N2O3/c39-33-22-21-27-14-5-8-18-30(27)34(33)35(31-19-10-16-26-13-4-7-17-29(26)31)37-23-28-15-6-9-20-32(28)38-36(40)41-24-25-11-2-1-3-12-25/h1-23,35,39H,24H2,(H,38,40). The Morgan fingerprint density at radius 1 is 0.732 bits per heavy atom. The highest BCUT2D eigenvalue weighted by Crippen LogP contribution is 2.40. The predicted octanol–water partition coefficient (Wildman–Crippen LogP) is 8.66. The minimum absolute atomic E-state index is 0.173. The minimum atomic E-state index is -0.549. The molecule has 41 heavy (non-hydrogen) atoms. The Kier molecular flexibility index (Phi) is 7.41. The first-order valence-electron chi connectivity index (χ1n) is 13.5. The molecule has 1 unspecified atom stereocenters. The fourth-order valence-corrected chi connectivity index (χ4v) is 5.12. The van der Waals surface area contributed by atoms with Crippen LogP contribution in [0.25, 0.3) is 21.5 Å². The summed E-state index contributed by atoms with van der Waals surface area (Å²) in [4.78, 5) is 17.7. The number of aromatic hydroxyl groups is 1. The number of ether oxygens (including phenoxy) is 1. The number of para-hydroxylation sites is 1. The van der Waals surface area contributed by atoms with Crippen LogP contribution < -0.4 is 5.32 Å². The van der Waals surface area contributed by atoms with E-state index in [4.69, 9.17) is 9.73 Å². The van der Waals surface area contributed by atoms with E-state index in [0.29, 0.717) is 11.3 Å². The summed E-state index contributed by atoms with van der Waals surface area (Å²) in [6.07, 6.45) is 1.20. The third-order valence-corrected chi connectivity index (χ3v) is 7.11. The van der Waals surface area contributed by atoms with Crippen LogP contribution in [0, 0.1) is 0 Å². The van der Waals surface area contributed by atoms with E-state index < -0.39 is 12.1 Å². The zero-order valence-electron chi connectivity index (χ0n) is 22.3. The summed E-state index contributed by atoms with van der Waals surface area (Å²) in [5, 5.41) is 18.1. The van der Waals surface area contributed by atoms with Gasteiger partial charge in [0.2, 0.25) is 0 Å². The third kappa shape index (κ3) is 5.65. The summed E-state index contributed by atoms with van der Waals surface area (Å²) in [7, 11) is 0. The molecule has 0 aromatic heterocycles. The fourth-order valence-electron chi connectivity index (χ4n) is 5.12. The minimum Gasteiger partial charge on any atom is -0.508 e. The van der Waals surface area contributed by atoms with Crippen LogP contribution in [-0.2, 0) is 11.3 Å². The number of fused-ring (bicyclic) bond motifs is 2. The number of nitrogens with zero attached hydrogens (tertiary/aromatic N) is 1. The first kappa shape index (κ1) is 25.8. The van der Waals surface area contributed by atoms with Gasteiger partial charge in [-0.05, 0) is 44.8 Å². The molecule has 0 saturated heterocycles. The van der Waals surface area contributed by atoms with Gasteiger partial charge in [0.1, 0.15) is 18.4 Å². The molecule has 200 valence electrons. The van der Waals surface area contributed by atoms with Gasteiger partial charge < -0.3 is 9.84 Å². The second-order valence-electron chi connectivity index (χ2n) is 9.74. The maximum atomic E-state index is 12.6. The average Bonchev–Trinajstić information content (AvgIpc) is 3.02. The molecule has 6 aromatic carbocycles. The third-order valence-electron chi connectivity index (χ3n) is 7.11. The van der Waals surface area contributed by atoms with Crippen LogP contribution in [-0.4, -0.2) is 17.4 Å². The maximum Gasteiger partial charge on any atom is 0.411 e. The van der Waals surface area contributed by atoms with Gasteiger partial charge in [-0.3, -0.25) is 10.3 Å². The smallest absolute Gasteiger partial charge is 0.411 e. The van der Waals surface area contributed by atoms with E-state index in [1.807, 2.05) is 103 Å². The highest BCUT2D eigenvalue weighted by molar-refractivity contribution is 5.96. The summed E-state index contributed by atoms with van der Waals surface area (Å²) in [5.41, 5.74) is 3.90. The lowest BCUT2D eigenvalue weighted by Gasteiger charge is -2.20. The number of rotatable bonds is 7. The van der Waals surface area contributed by atoms with Crippen molar-refractivity contribution in [2.75, 3.05) is 5.32 Å². The molecular weight excluding hydrogens is 508 g/mol. The molecule has 5 nitrogen and oxygen atoms in total. The summed E-state index contributed by atoms with van der Waals surface area (Å²) >= 11 is 0. The Morgan fingerprint density at radius 2 is 1.39 bits per heavy atom. The molecule has 1 amide bonds. The fraction of sp³-hybridized carbons (Fsp3) is 0.0556. The van der Waals surface area contributed by atoms with Gasteiger partial charge in [0, 0.05) is 17.3 Å². The van der Waals surface area contributed by atoms with E-state index in [2.05, 4.69) is 29.6 Å². The molecule has 1 atom stereocenters. The second-order valence-corrected chi connectivity index (χ2v) is 9.74.